The molecule has 5 heteroatoms. The fourth-order valence-electron chi connectivity index (χ4n) is 3.58. The lowest BCUT2D eigenvalue weighted by Crippen LogP contribution is -2.54. The number of aliphatic carboxylic acids is 1. The number of nitrogens with one attached hydrogen (secondary N) is 1. The second kappa shape index (κ2) is 6.41. The molecule has 1 unspecified atom stereocenters. The Bertz CT molecular complexity index is 332. The van der Waals surface area contributed by atoms with Crippen LogP contribution in [-0.4, -0.2) is 71.7 Å². The van der Waals surface area contributed by atoms with Crippen molar-refractivity contribution >= 4 is 5.97 Å². The number of carboxylic acids is 1. The van der Waals surface area contributed by atoms with Crippen LogP contribution in [0.5, 0.6) is 0 Å². The Morgan fingerprint density at radius 1 is 1.10 bits per heavy atom. The minimum Gasteiger partial charge on any atom is -0.480 e. The molecule has 2 saturated carbocycles. The molecular formula is C15H27N3O2. The van der Waals surface area contributed by atoms with Gasteiger partial charge in [0.2, 0.25) is 0 Å². The van der Waals surface area contributed by atoms with E-state index in [1.54, 1.807) is 0 Å². The van der Waals surface area contributed by atoms with E-state index in [0.29, 0.717) is 12.6 Å². The van der Waals surface area contributed by atoms with Gasteiger partial charge in [0.15, 0.2) is 0 Å². The van der Waals surface area contributed by atoms with Crippen molar-refractivity contribution in [3.05, 3.63) is 0 Å². The van der Waals surface area contributed by atoms with Crippen molar-refractivity contribution in [2.24, 2.45) is 0 Å². The number of nitrogens with zero attached hydrogens (tertiary/aromatic N) is 2. The van der Waals surface area contributed by atoms with Crippen LogP contribution in [0.3, 0.4) is 0 Å². The number of hydrogen-bond donors (Lipinski definition) is 2. The second-order valence-electron chi connectivity index (χ2n) is 6.61. The van der Waals surface area contributed by atoms with Crippen molar-refractivity contribution in [1.29, 1.82) is 0 Å². The highest BCUT2D eigenvalue weighted by Crippen LogP contribution is 2.24. The molecule has 0 amide bonds. The SMILES string of the molecule is O=C(O)C(CN1CCN(C2CCCC2)CC1)NC1CC1. The molecule has 3 rings (SSSR count). The van der Waals surface area contributed by atoms with Gasteiger partial charge in [-0.05, 0) is 25.7 Å². The van der Waals surface area contributed by atoms with E-state index in [1.807, 2.05) is 0 Å². The molecule has 1 aliphatic heterocycles. The van der Waals surface area contributed by atoms with Crippen LogP contribution in [0.25, 0.3) is 0 Å². The lowest BCUT2D eigenvalue weighted by molar-refractivity contribution is -0.140. The molecule has 0 spiro atoms. The zero-order chi connectivity index (χ0) is 13.9. The molecule has 3 aliphatic rings. The summed E-state index contributed by atoms with van der Waals surface area (Å²) < 4.78 is 0. The van der Waals surface area contributed by atoms with Crippen molar-refractivity contribution < 1.29 is 9.90 Å². The van der Waals surface area contributed by atoms with Gasteiger partial charge in [-0.25, -0.2) is 0 Å². The largest absolute Gasteiger partial charge is 0.480 e. The van der Waals surface area contributed by atoms with E-state index in [4.69, 9.17) is 0 Å². The van der Waals surface area contributed by atoms with Crippen molar-refractivity contribution in [2.75, 3.05) is 32.7 Å². The van der Waals surface area contributed by atoms with Crippen molar-refractivity contribution in [1.82, 2.24) is 15.1 Å². The fourth-order valence-corrected chi connectivity index (χ4v) is 3.58. The number of hydrogen-bond acceptors (Lipinski definition) is 4. The van der Waals surface area contributed by atoms with Crippen LogP contribution in [0.1, 0.15) is 38.5 Å². The van der Waals surface area contributed by atoms with Crippen LogP contribution in [0, 0.1) is 0 Å². The fraction of sp³-hybridized carbons (Fsp3) is 0.933. The van der Waals surface area contributed by atoms with E-state index in [-0.39, 0.29) is 6.04 Å². The summed E-state index contributed by atoms with van der Waals surface area (Å²) in [5.74, 6) is -0.699. The van der Waals surface area contributed by atoms with E-state index >= 15 is 0 Å². The van der Waals surface area contributed by atoms with Crippen LogP contribution < -0.4 is 5.32 Å². The third-order valence-electron chi connectivity index (χ3n) is 5.00. The highest BCUT2D eigenvalue weighted by Gasteiger charge is 2.31. The highest BCUT2D eigenvalue weighted by molar-refractivity contribution is 5.73. The lowest BCUT2D eigenvalue weighted by Gasteiger charge is -2.38. The first kappa shape index (κ1) is 14.3. The molecule has 20 heavy (non-hydrogen) atoms. The van der Waals surface area contributed by atoms with Gasteiger partial charge in [-0.1, -0.05) is 12.8 Å². The highest BCUT2D eigenvalue weighted by atomic mass is 16.4. The molecule has 0 radical (unpaired) electrons. The Kier molecular flexibility index (Phi) is 4.58. The van der Waals surface area contributed by atoms with E-state index in [2.05, 4.69) is 15.1 Å². The molecule has 1 atom stereocenters. The first-order valence-electron chi connectivity index (χ1n) is 8.17. The summed E-state index contributed by atoms with van der Waals surface area (Å²) in [5.41, 5.74) is 0. The van der Waals surface area contributed by atoms with Crippen LogP contribution in [-0.2, 0) is 4.79 Å². The quantitative estimate of drug-likeness (QED) is 0.752. The molecular weight excluding hydrogens is 254 g/mol. The topological polar surface area (TPSA) is 55.8 Å². The van der Waals surface area contributed by atoms with E-state index < -0.39 is 5.97 Å². The van der Waals surface area contributed by atoms with Gasteiger partial charge in [0.1, 0.15) is 6.04 Å². The maximum atomic E-state index is 11.3. The van der Waals surface area contributed by atoms with Crippen molar-refractivity contribution in [2.45, 2.75) is 56.7 Å². The summed E-state index contributed by atoms with van der Waals surface area (Å²) in [7, 11) is 0. The van der Waals surface area contributed by atoms with E-state index in [0.717, 1.165) is 45.1 Å². The van der Waals surface area contributed by atoms with E-state index in [9.17, 15) is 9.90 Å². The zero-order valence-corrected chi connectivity index (χ0v) is 12.3. The number of carboxylic acid groups (broad SMARTS) is 1. The molecule has 5 nitrogen and oxygen atoms in total. The maximum Gasteiger partial charge on any atom is 0.322 e. The van der Waals surface area contributed by atoms with Gasteiger partial charge in [-0.15, -0.1) is 0 Å². The molecule has 0 aromatic rings. The van der Waals surface area contributed by atoms with Crippen LogP contribution >= 0.6 is 0 Å². The molecule has 0 aromatic heterocycles. The molecule has 1 heterocycles. The summed E-state index contributed by atoms with van der Waals surface area (Å²) in [5, 5.41) is 12.6. The summed E-state index contributed by atoms with van der Waals surface area (Å²) in [6.45, 7) is 4.92. The zero-order valence-electron chi connectivity index (χ0n) is 12.3. The van der Waals surface area contributed by atoms with Gasteiger partial charge in [-0.3, -0.25) is 14.6 Å². The third-order valence-corrected chi connectivity index (χ3v) is 5.00. The van der Waals surface area contributed by atoms with Gasteiger partial charge < -0.3 is 10.4 Å². The normalized spacial score (nSPS) is 27.8. The predicted molar refractivity (Wildman–Crippen MR) is 77.9 cm³/mol. The summed E-state index contributed by atoms with van der Waals surface area (Å²) in [6.07, 6.45) is 7.77. The number of piperazine rings is 1. The van der Waals surface area contributed by atoms with Gasteiger partial charge in [0.05, 0.1) is 0 Å². The summed E-state index contributed by atoms with van der Waals surface area (Å²) in [4.78, 5) is 16.2. The van der Waals surface area contributed by atoms with Gasteiger partial charge in [0.25, 0.3) is 0 Å². The molecule has 0 aromatic carbocycles. The van der Waals surface area contributed by atoms with Gasteiger partial charge >= 0.3 is 5.97 Å². The summed E-state index contributed by atoms with van der Waals surface area (Å²) >= 11 is 0. The molecule has 3 fully saturated rings. The van der Waals surface area contributed by atoms with Crippen LogP contribution in [0.2, 0.25) is 0 Å². The molecule has 2 N–H and O–H groups in total. The van der Waals surface area contributed by atoms with Crippen molar-refractivity contribution in [3.63, 3.8) is 0 Å². The second-order valence-corrected chi connectivity index (χ2v) is 6.61. The Balaban J connectivity index is 1.43. The van der Waals surface area contributed by atoms with Crippen LogP contribution in [0.4, 0.5) is 0 Å². The minimum absolute atomic E-state index is 0.388. The third kappa shape index (κ3) is 3.71. The standard InChI is InChI=1S/C15H27N3O2/c19-15(20)14(16-12-5-6-12)11-17-7-9-18(10-8-17)13-3-1-2-4-13/h12-14,16H,1-11H2,(H,19,20). The van der Waals surface area contributed by atoms with Gasteiger partial charge in [0, 0.05) is 44.8 Å². The minimum atomic E-state index is -0.699. The smallest absolute Gasteiger partial charge is 0.322 e. The molecule has 1 saturated heterocycles. The van der Waals surface area contributed by atoms with E-state index in [1.165, 1.54) is 25.7 Å². The average molecular weight is 281 g/mol. The average Bonchev–Trinajstić information content (AvgIpc) is 3.09. The Morgan fingerprint density at radius 3 is 2.30 bits per heavy atom. The first-order valence-corrected chi connectivity index (χ1v) is 8.17. The number of rotatable bonds is 6. The Hall–Kier alpha value is -0.650. The predicted octanol–water partition coefficient (Wildman–Crippen LogP) is 0.752. The molecule has 114 valence electrons. The Labute approximate surface area is 121 Å². The van der Waals surface area contributed by atoms with Crippen LogP contribution in [0.15, 0.2) is 0 Å². The van der Waals surface area contributed by atoms with Gasteiger partial charge in [-0.2, -0.15) is 0 Å². The molecule has 0 bridgehead atoms. The first-order chi connectivity index (χ1) is 9.72. The van der Waals surface area contributed by atoms with Crippen molar-refractivity contribution in [3.8, 4) is 0 Å². The maximum absolute atomic E-state index is 11.3. The number of carbonyl (C=O) groups is 1. The molecule has 2 aliphatic carbocycles. The lowest BCUT2D eigenvalue weighted by atomic mass is 10.1. The monoisotopic (exact) mass is 281 g/mol. The Morgan fingerprint density at radius 2 is 1.75 bits per heavy atom. The summed E-state index contributed by atoms with van der Waals surface area (Å²) in [6, 6.07) is 0.869.